The molecule has 12 nitrogen and oxygen atoms in total. The van der Waals surface area contributed by atoms with E-state index in [1.54, 1.807) is 0 Å². The molecule has 0 aliphatic heterocycles. The molecule has 0 rings (SSSR count). The first-order chi connectivity index (χ1) is 6.00. The molecule has 0 aromatic rings. The third kappa shape index (κ3) is 4610. The van der Waals surface area contributed by atoms with Gasteiger partial charge in [0.05, 0.1) is 0 Å². The fourth-order valence-electron chi connectivity index (χ4n) is 0. The van der Waals surface area contributed by atoms with Crippen molar-refractivity contribution < 1.29 is 69.1 Å². The maximum Gasteiger partial charge on any atom is 4.00 e. The Kier molecular flexibility index (Phi) is 21.6. The molecule has 0 bridgehead atoms. The van der Waals surface area contributed by atoms with Crippen LogP contribution in [0, 0.1) is 0 Å². The zero-order valence-electron chi connectivity index (χ0n) is 6.94. The van der Waals surface area contributed by atoms with E-state index in [0.29, 0.717) is 0 Å². The quantitative estimate of drug-likeness (QED) is 0.187. The van der Waals surface area contributed by atoms with Crippen LogP contribution in [0.2, 0.25) is 0 Å². The monoisotopic (exact) mass is 466 g/mol. The van der Waals surface area contributed by atoms with Crippen molar-refractivity contribution in [2.45, 2.75) is 0 Å². The average molecular weight is 466 g/mol. The summed E-state index contributed by atoms with van der Waals surface area (Å²) < 4.78 is 102. The van der Waals surface area contributed by atoms with Gasteiger partial charge in [0.1, 0.15) is 0 Å². The Morgan fingerprint density at radius 3 is 0.471 bits per heavy atom. The number of hydrogen-bond acceptors (Lipinski definition) is 12. The largest absolute Gasteiger partial charge is 4.00 e. The second kappa shape index (κ2) is 12.0. The van der Waals surface area contributed by atoms with Crippen molar-refractivity contribution in [3.05, 3.63) is 0 Å². The molecular weight excluding hydrogens is 466 g/mol. The van der Waals surface area contributed by atoms with Gasteiger partial charge < -0.3 is 27.3 Å². The van der Waals surface area contributed by atoms with Crippen LogP contribution in [0.15, 0.2) is 0 Å². The first kappa shape index (κ1) is 30.7. The van der Waals surface area contributed by atoms with Gasteiger partial charge in [-0.3, -0.25) is 25.3 Å². The van der Waals surface area contributed by atoms with Crippen LogP contribution >= 0.6 is 0 Å². The minimum absolute atomic E-state index is 0. The predicted molar refractivity (Wildman–Crippen MR) is 37.2 cm³/mol. The van der Waals surface area contributed by atoms with E-state index in [1.807, 2.05) is 0 Å². The maximum atomic E-state index is 8.52. The Bertz CT molecular complexity index is 343. The average Bonchev–Trinajstić information content (AvgIpc) is 1.41. The smallest absolute Gasteiger partial charge is 0.759 e. The number of rotatable bonds is 0. The normalized spacial score (nSPS) is 10.2. The first-order valence-electron chi connectivity index (χ1n) is 2.00. The van der Waals surface area contributed by atoms with E-state index >= 15 is 0 Å². The Morgan fingerprint density at radius 1 is 0.471 bits per heavy atom. The summed E-state index contributed by atoms with van der Waals surface area (Å²) in [6, 6.07) is 0. The Morgan fingerprint density at radius 2 is 0.471 bits per heavy atom. The first-order valence-corrected chi connectivity index (χ1v) is 6.00. The van der Waals surface area contributed by atoms with Crippen LogP contribution in [0.25, 0.3) is 0 Å². The Balaban J connectivity index is -0.0000000400. The van der Waals surface area contributed by atoms with Gasteiger partial charge in [-0.25, -0.2) is 0 Å². The van der Waals surface area contributed by atoms with Crippen LogP contribution in [-0.2, 0) is 47.7 Å². The molecule has 104 valence electrons. The van der Waals surface area contributed by atoms with E-state index in [4.69, 9.17) is 52.6 Å². The van der Waals surface area contributed by atoms with Crippen molar-refractivity contribution in [3.8, 4) is 0 Å². The minimum atomic E-state index is -5.17. The van der Waals surface area contributed by atoms with Crippen LogP contribution in [0.3, 0.4) is 0 Å². The Hall–Kier alpha value is 0.902. The van der Waals surface area contributed by atoms with E-state index in [2.05, 4.69) is 0 Å². The summed E-state index contributed by atoms with van der Waals surface area (Å²) >= 11 is 0. The van der Waals surface area contributed by atoms with Gasteiger partial charge in [0, 0.05) is 31.2 Å². The summed E-state index contributed by atoms with van der Waals surface area (Å²) in [6.45, 7) is 0. The molecule has 17 heteroatoms. The van der Waals surface area contributed by atoms with Crippen molar-refractivity contribution in [2.75, 3.05) is 0 Å². The summed E-state index contributed by atoms with van der Waals surface area (Å²) in [5.74, 6) is 0. The predicted octanol–water partition coefficient (Wildman–Crippen LogP) is -4.40. The van der Waals surface area contributed by atoms with Crippen molar-refractivity contribution in [1.82, 2.24) is 0 Å². The minimum Gasteiger partial charge on any atom is -0.759 e. The molecule has 17 heavy (non-hydrogen) atoms. The van der Waals surface area contributed by atoms with Gasteiger partial charge in [-0.05, 0) is 0 Å². The molecule has 0 saturated heterocycles. The summed E-state index contributed by atoms with van der Waals surface area (Å²) in [5, 5.41) is 0. The molecule has 0 radical (unpaired) electrons. The van der Waals surface area contributed by atoms with Gasteiger partial charge in [-0.2, -0.15) is 0 Å². The molecule has 0 aromatic carbocycles. The molecule has 0 aliphatic rings. The molecule has 0 atom stereocenters. The van der Waals surface area contributed by atoms with Crippen molar-refractivity contribution in [2.24, 2.45) is 0 Å². The second-order valence-electron chi connectivity index (χ2n) is 1.22. The van der Waals surface area contributed by atoms with E-state index in [1.165, 1.54) is 0 Å². The van der Waals surface area contributed by atoms with Crippen molar-refractivity contribution in [3.63, 3.8) is 0 Å². The zero-order valence-corrected chi connectivity index (χ0v) is 13.2. The van der Waals surface area contributed by atoms with Gasteiger partial charge in [0.15, 0.2) is 0 Å². The van der Waals surface area contributed by atoms with Gasteiger partial charge >= 0.3 is 40.4 Å². The second-order valence-corrected chi connectivity index (χ2v) is 3.67. The molecule has 0 saturated carbocycles. The van der Waals surface area contributed by atoms with Crippen LogP contribution in [0.4, 0.5) is 0 Å². The zero-order chi connectivity index (χ0) is 13.5. The van der Waals surface area contributed by atoms with Gasteiger partial charge in [-0.15, -0.1) is 0 Å². The SMILES string of the molecule is O=S(=O)([O-])[O-].O=S(=O)([O-])[O-].O=S(=O)([O-])[O-].[Ni+2].[Sn+4]. The fourth-order valence-corrected chi connectivity index (χ4v) is 0. The Labute approximate surface area is 123 Å². The fraction of sp³-hybridized carbons (Fsp3) is 0. The molecule has 0 heterocycles. The third-order valence-corrected chi connectivity index (χ3v) is 0. The summed E-state index contributed by atoms with van der Waals surface area (Å²) in [6.07, 6.45) is 0. The summed E-state index contributed by atoms with van der Waals surface area (Å²) in [7, 11) is -15.5. The third-order valence-electron chi connectivity index (χ3n) is 0. The summed E-state index contributed by atoms with van der Waals surface area (Å²) in [4.78, 5) is 0. The summed E-state index contributed by atoms with van der Waals surface area (Å²) in [5.41, 5.74) is 0. The standard InChI is InChI=1S/Ni.3H2O4S.Sn/c;3*1-5(2,3)4;/h;3*(H2,1,2,3,4);/q+2;;;;+4/p-6. The molecule has 0 aliphatic carbocycles. The van der Waals surface area contributed by atoms with Crippen molar-refractivity contribution >= 4 is 55.1 Å². The molecule has 0 spiro atoms. The molecule has 0 fully saturated rings. The molecule has 0 amide bonds. The van der Waals surface area contributed by atoms with Crippen molar-refractivity contribution in [1.29, 1.82) is 0 Å². The molecule has 0 unspecified atom stereocenters. The van der Waals surface area contributed by atoms with Gasteiger partial charge in [0.2, 0.25) is 0 Å². The number of hydrogen-bond donors (Lipinski definition) is 0. The molecule has 0 N–H and O–H groups in total. The van der Waals surface area contributed by atoms with E-state index in [-0.39, 0.29) is 40.4 Å². The topological polar surface area (TPSA) is 241 Å². The maximum absolute atomic E-state index is 8.52. The van der Waals surface area contributed by atoms with Crippen LogP contribution in [0.5, 0.6) is 0 Å². The van der Waals surface area contributed by atoms with Crippen LogP contribution in [-0.4, -0.2) is 76.5 Å². The van der Waals surface area contributed by atoms with Gasteiger partial charge in [0.25, 0.3) is 0 Å². The van der Waals surface area contributed by atoms with E-state index in [0.717, 1.165) is 0 Å². The van der Waals surface area contributed by atoms with Crippen LogP contribution < -0.4 is 0 Å². The van der Waals surface area contributed by atoms with E-state index < -0.39 is 31.2 Å². The molecule has 0 aromatic heterocycles. The van der Waals surface area contributed by atoms with E-state index in [9.17, 15) is 0 Å². The van der Waals surface area contributed by atoms with Crippen LogP contribution in [0.1, 0.15) is 0 Å². The molecular formula is NiO12S3Sn. The van der Waals surface area contributed by atoms with Gasteiger partial charge in [-0.1, -0.05) is 0 Å².